The topological polar surface area (TPSA) is 24.5 Å². The Morgan fingerprint density at radius 3 is 2.37 bits per heavy atom. The Kier molecular flexibility index (Phi) is 4.89. The van der Waals surface area contributed by atoms with Crippen molar-refractivity contribution in [3.63, 3.8) is 0 Å². The summed E-state index contributed by atoms with van der Waals surface area (Å²) in [5, 5.41) is 3.55. The Morgan fingerprint density at radius 2 is 1.59 bits per heavy atom. The van der Waals surface area contributed by atoms with Crippen molar-refractivity contribution in [2.24, 2.45) is 34.5 Å². The van der Waals surface area contributed by atoms with Gasteiger partial charge in [0.1, 0.15) is 0 Å². The predicted octanol–water partition coefficient (Wildman–Crippen LogP) is 4.32. The van der Waals surface area contributed by atoms with Crippen LogP contribution in [0.3, 0.4) is 0 Å². The first-order chi connectivity index (χ1) is 13.1. The number of fused-ring (bicyclic) bond motifs is 5. The summed E-state index contributed by atoms with van der Waals surface area (Å²) >= 11 is 0. The quantitative estimate of drug-likeness (QED) is 0.779. The number of hydrogen-bond acceptors (Lipinski definition) is 3. The number of piperazine rings is 1. The lowest BCUT2D eigenvalue weighted by Crippen LogP contribution is -2.58. The highest BCUT2D eigenvalue weighted by molar-refractivity contribution is 5.10. The number of hydrogen-bond donors (Lipinski definition) is 1. The van der Waals surface area contributed by atoms with Gasteiger partial charge >= 0.3 is 0 Å². The lowest BCUT2D eigenvalue weighted by atomic mass is 9.45. The summed E-state index contributed by atoms with van der Waals surface area (Å²) in [6.45, 7) is 10.2. The summed E-state index contributed by atoms with van der Waals surface area (Å²) < 4.78 is 5.98. The van der Waals surface area contributed by atoms with Crippen molar-refractivity contribution in [2.45, 2.75) is 83.8 Å². The largest absolute Gasteiger partial charge is 0.381 e. The van der Waals surface area contributed by atoms with Gasteiger partial charge in [-0.05, 0) is 92.3 Å². The summed E-state index contributed by atoms with van der Waals surface area (Å²) in [5.41, 5.74) is 1.06. The molecular formula is C24H42N2O. The normalized spacial score (nSPS) is 53.4. The lowest BCUT2D eigenvalue weighted by Gasteiger charge is -2.62. The molecule has 0 spiro atoms. The zero-order valence-corrected chi connectivity index (χ0v) is 18.0. The number of ether oxygens (including phenoxy) is 1. The van der Waals surface area contributed by atoms with E-state index >= 15 is 0 Å². The van der Waals surface area contributed by atoms with Gasteiger partial charge in [-0.25, -0.2) is 0 Å². The molecule has 1 saturated heterocycles. The highest BCUT2D eigenvalue weighted by Gasteiger charge is 2.60. The zero-order valence-electron chi connectivity index (χ0n) is 18.0. The fourth-order valence-electron chi connectivity index (χ4n) is 9.03. The van der Waals surface area contributed by atoms with Gasteiger partial charge in [-0.15, -0.1) is 0 Å². The second-order valence-corrected chi connectivity index (χ2v) is 11.2. The first-order valence-corrected chi connectivity index (χ1v) is 12.0. The molecular weight excluding hydrogens is 332 g/mol. The molecule has 5 rings (SSSR count). The summed E-state index contributed by atoms with van der Waals surface area (Å²) in [4.78, 5) is 2.84. The van der Waals surface area contributed by atoms with E-state index in [2.05, 4.69) is 24.1 Å². The van der Waals surface area contributed by atoms with Crippen LogP contribution in [0.2, 0.25) is 0 Å². The van der Waals surface area contributed by atoms with Crippen molar-refractivity contribution in [3.8, 4) is 0 Å². The van der Waals surface area contributed by atoms with Gasteiger partial charge in [0.25, 0.3) is 0 Å². The first kappa shape index (κ1) is 18.9. The van der Waals surface area contributed by atoms with E-state index in [0.717, 1.165) is 29.7 Å². The molecule has 5 fully saturated rings. The molecule has 1 N–H and O–H groups in total. The molecule has 1 aliphatic heterocycles. The van der Waals surface area contributed by atoms with Crippen molar-refractivity contribution in [3.05, 3.63) is 0 Å². The Morgan fingerprint density at radius 1 is 0.852 bits per heavy atom. The van der Waals surface area contributed by atoms with E-state index in [9.17, 15) is 0 Å². The summed E-state index contributed by atoms with van der Waals surface area (Å²) in [6.07, 6.45) is 13.6. The van der Waals surface area contributed by atoms with Crippen LogP contribution in [-0.2, 0) is 4.74 Å². The Bertz CT molecular complexity index is 546. The third-order valence-electron chi connectivity index (χ3n) is 10.5. The van der Waals surface area contributed by atoms with E-state index in [1.54, 1.807) is 0 Å². The molecule has 3 heteroatoms. The van der Waals surface area contributed by atoms with Gasteiger partial charge in [-0.3, -0.25) is 4.90 Å². The van der Waals surface area contributed by atoms with Gasteiger partial charge < -0.3 is 10.1 Å². The van der Waals surface area contributed by atoms with Crippen LogP contribution in [0.5, 0.6) is 0 Å². The smallest absolute Gasteiger partial charge is 0.0627 e. The van der Waals surface area contributed by atoms with Gasteiger partial charge in [-0.1, -0.05) is 13.8 Å². The minimum Gasteiger partial charge on any atom is -0.381 e. The molecule has 5 aliphatic rings. The molecule has 0 aromatic rings. The molecule has 0 aromatic carbocycles. The van der Waals surface area contributed by atoms with Gasteiger partial charge in [0.15, 0.2) is 0 Å². The Balaban J connectivity index is 1.37. The van der Waals surface area contributed by atoms with E-state index in [-0.39, 0.29) is 0 Å². The fraction of sp³-hybridized carbons (Fsp3) is 1.00. The van der Waals surface area contributed by atoms with E-state index in [0.29, 0.717) is 16.9 Å². The van der Waals surface area contributed by atoms with E-state index in [4.69, 9.17) is 4.74 Å². The van der Waals surface area contributed by atoms with Crippen molar-refractivity contribution in [1.29, 1.82) is 0 Å². The van der Waals surface area contributed by atoms with Crippen LogP contribution in [0, 0.1) is 34.5 Å². The summed E-state index contributed by atoms with van der Waals surface area (Å²) in [5.74, 6) is 3.89. The second kappa shape index (κ2) is 6.99. The molecule has 0 amide bonds. The standard InChI is InChI=1S/C24H42N2O/c1-23-11-10-21-19(20(23)8-9-22(23)27-3)7-5-17-4-6-18(16-24(17,21)2)26-14-12-25-13-15-26/h17-22,25H,4-16H2,1-3H3. The molecule has 4 saturated carbocycles. The van der Waals surface area contributed by atoms with Crippen molar-refractivity contribution < 1.29 is 4.74 Å². The Labute approximate surface area is 167 Å². The molecule has 3 nitrogen and oxygen atoms in total. The number of nitrogens with one attached hydrogen (secondary N) is 1. The van der Waals surface area contributed by atoms with Crippen LogP contribution < -0.4 is 5.32 Å². The van der Waals surface area contributed by atoms with Crippen LogP contribution in [0.15, 0.2) is 0 Å². The van der Waals surface area contributed by atoms with Crippen LogP contribution in [0.4, 0.5) is 0 Å². The molecule has 0 aromatic heterocycles. The molecule has 27 heavy (non-hydrogen) atoms. The maximum Gasteiger partial charge on any atom is 0.0627 e. The molecule has 154 valence electrons. The van der Waals surface area contributed by atoms with E-state index in [1.165, 1.54) is 84.0 Å². The minimum atomic E-state index is 0.464. The SMILES string of the molecule is COC1CCC2C3CCC4CCC(N5CCNCC5)CC4(C)C3CCC12C. The third kappa shape index (κ3) is 2.86. The number of methoxy groups -OCH3 is 1. The molecule has 0 bridgehead atoms. The molecule has 0 radical (unpaired) electrons. The van der Waals surface area contributed by atoms with Crippen molar-refractivity contribution in [1.82, 2.24) is 10.2 Å². The first-order valence-electron chi connectivity index (χ1n) is 12.0. The van der Waals surface area contributed by atoms with Crippen LogP contribution in [-0.4, -0.2) is 50.3 Å². The number of rotatable bonds is 2. The maximum absolute atomic E-state index is 5.98. The van der Waals surface area contributed by atoms with Crippen molar-refractivity contribution in [2.75, 3.05) is 33.3 Å². The molecule has 4 aliphatic carbocycles. The minimum absolute atomic E-state index is 0.464. The maximum atomic E-state index is 5.98. The monoisotopic (exact) mass is 374 g/mol. The van der Waals surface area contributed by atoms with Gasteiger partial charge in [0.2, 0.25) is 0 Å². The third-order valence-corrected chi connectivity index (χ3v) is 10.5. The van der Waals surface area contributed by atoms with Gasteiger partial charge in [-0.2, -0.15) is 0 Å². The average molecular weight is 375 g/mol. The molecule has 8 atom stereocenters. The van der Waals surface area contributed by atoms with Crippen LogP contribution >= 0.6 is 0 Å². The van der Waals surface area contributed by atoms with E-state index in [1.807, 2.05) is 7.11 Å². The van der Waals surface area contributed by atoms with Gasteiger partial charge in [0.05, 0.1) is 6.10 Å². The summed E-state index contributed by atoms with van der Waals surface area (Å²) in [6, 6.07) is 0.857. The second-order valence-electron chi connectivity index (χ2n) is 11.2. The predicted molar refractivity (Wildman–Crippen MR) is 111 cm³/mol. The fourth-order valence-corrected chi connectivity index (χ4v) is 9.03. The van der Waals surface area contributed by atoms with Crippen LogP contribution in [0.25, 0.3) is 0 Å². The molecule has 8 unspecified atom stereocenters. The Hall–Kier alpha value is -0.120. The summed E-state index contributed by atoms with van der Waals surface area (Å²) in [7, 11) is 1.96. The molecule has 1 heterocycles. The average Bonchev–Trinajstić information content (AvgIpc) is 3.04. The highest BCUT2D eigenvalue weighted by atomic mass is 16.5. The van der Waals surface area contributed by atoms with Gasteiger partial charge in [0, 0.05) is 39.3 Å². The zero-order chi connectivity index (χ0) is 18.6. The lowest BCUT2D eigenvalue weighted by molar-refractivity contribution is -0.135. The van der Waals surface area contributed by atoms with E-state index < -0.39 is 0 Å². The number of nitrogens with zero attached hydrogens (tertiary/aromatic N) is 1. The van der Waals surface area contributed by atoms with Crippen molar-refractivity contribution >= 4 is 0 Å². The van der Waals surface area contributed by atoms with Crippen LogP contribution in [0.1, 0.15) is 71.6 Å². The highest BCUT2D eigenvalue weighted by Crippen LogP contribution is 2.66.